The van der Waals surface area contributed by atoms with E-state index in [2.05, 4.69) is 10.6 Å². The summed E-state index contributed by atoms with van der Waals surface area (Å²) in [5.74, 6) is -3.38. The molecule has 0 spiro atoms. The van der Waals surface area contributed by atoms with E-state index >= 15 is 0 Å². The molecule has 0 radical (unpaired) electrons. The molecule has 15 heteroatoms. The van der Waals surface area contributed by atoms with Crippen LogP contribution in [0.4, 0.5) is 4.79 Å². The van der Waals surface area contributed by atoms with E-state index in [-0.39, 0.29) is 17.9 Å². The van der Waals surface area contributed by atoms with Crippen LogP contribution >= 0.6 is 0 Å². The number of amides is 2. The van der Waals surface area contributed by atoms with Crippen molar-refractivity contribution >= 4 is 35.9 Å². The minimum Gasteiger partial charge on any atom is -0.463 e. The van der Waals surface area contributed by atoms with Gasteiger partial charge in [-0.2, -0.15) is 0 Å². The number of hydrogen-bond acceptors (Lipinski definition) is 13. The first-order chi connectivity index (χ1) is 20.3. The fraction of sp³-hybridized carbons (Fsp3) is 0.500. The van der Waals surface area contributed by atoms with Crippen molar-refractivity contribution in [3.63, 3.8) is 0 Å². The van der Waals surface area contributed by atoms with E-state index in [9.17, 15) is 28.8 Å². The lowest BCUT2D eigenvalue weighted by Gasteiger charge is -2.43. The number of carbonyl (C=O) groups excluding carboxylic acids is 6. The summed E-state index contributed by atoms with van der Waals surface area (Å²) in [7, 11) is 0. The zero-order valence-electron chi connectivity index (χ0n) is 24.5. The van der Waals surface area contributed by atoms with Crippen LogP contribution in [-0.2, 0) is 52.4 Å². The Morgan fingerprint density at radius 2 is 1.40 bits per heavy atom. The second-order valence-electron chi connectivity index (χ2n) is 9.55. The minimum atomic E-state index is -1.43. The third kappa shape index (κ3) is 8.67. The van der Waals surface area contributed by atoms with Gasteiger partial charge < -0.3 is 43.8 Å². The molecule has 3 rings (SSSR count). The second-order valence-corrected chi connectivity index (χ2v) is 9.55. The van der Waals surface area contributed by atoms with E-state index in [1.165, 1.54) is 19.1 Å². The maximum Gasteiger partial charge on any atom is 0.338 e. The van der Waals surface area contributed by atoms with Gasteiger partial charge in [0.2, 0.25) is 12.4 Å². The maximum absolute atomic E-state index is 12.6. The Kier molecular flexibility index (Phi) is 11.1. The van der Waals surface area contributed by atoms with E-state index in [1.807, 2.05) is 0 Å². The Morgan fingerprint density at radius 1 is 0.814 bits per heavy atom. The zero-order valence-corrected chi connectivity index (χ0v) is 24.5. The molecule has 43 heavy (non-hydrogen) atoms. The topological polar surface area (TPSA) is 191 Å². The smallest absolute Gasteiger partial charge is 0.338 e. The first kappa shape index (κ1) is 32.8. The van der Waals surface area contributed by atoms with Crippen molar-refractivity contribution in [1.82, 2.24) is 10.6 Å². The largest absolute Gasteiger partial charge is 0.463 e. The van der Waals surface area contributed by atoms with E-state index in [4.69, 9.17) is 33.2 Å². The third-order valence-electron chi connectivity index (χ3n) is 6.18. The van der Waals surface area contributed by atoms with Crippen LogP contribution in [0.2, 0.25) is 0 Å². The van der Waals surface area contributed by atoms with Gasteiger partial charge in [0, 0.05) is 33.4 Å². The Balaban J connectivity index is 1.94. The summed E-state index contributed by atoms with van der Waals surface area (Å²) in [4.78, 5) is 72.3. The number of hydrogen-bond donors (Lipinski definition) is 2. The van der Waals surface area contributed by atoms with Crippen molar-refractivity contribution in [2.45, 2.75) is 78.3 Å². The molecular formula is C28H34N2O13. The highest BCUT2D eigenvalue weighted by molar-refractivity contribution is 5.95. The van der Waals surface area contributed by atoms with Crippen LogP contribution in [0.25, 0.3) is 0 Å². The highest BCUT2D eigenvalue weighted by atomic mass is 16.7. The first-order valence-electron chi connectivity index (χ1n) is 13.3. The minimum absolute atomic E-state index is 0.138. The predicted molar refractivity (Wildman–Crippen MR) is 143 cm³/mol. The van der Waals surface area contributed by atoms with Gasteiger partial charge in [0.05, 0.1) is 18.2 Å². The van der Waals surface area contributed by atoms with Crippen molar-refractivity contribution in [3.8, 4) is 5.75 Å². The van der Waals surface area contributed by atoms with Crippen LogP contribution in [0.3, 0.4) is 0 Å². The molecule has 1 aromatic rings. The van der Waals surface area contributed by atoms with Crippen molar-refractivity contribution < 1.29 is 61.9 Å². The molecular weight excluding hydrogens is 572 g/mol. The quantitative estimate of drug-likeness (QED) is 0.287. The zero-order chi connectivity index (χ0) is 31.8. The van der Waals surface area contributed by atoms with Gasteiger partial charge in [0.1, 0.15) is 18.5 Å². The summed E-state index contributed by atoms with van der Waals surface area (Å²) >= 11 is 0. The van der Waals surface area contributed by atoms with E-state index in [0.717, 1.165) is 20.8 Å². The van der Waals surface area contributed by atoms with E-state index in [1.54, 1.807) is 26.0 Å². The molecule has 0 bridgehead atoms. The number of carbonyl (C=O) groups is 6. The summed E-state index contributed by atoms with van der Waals surface area (Å²) in [6.07, 6.45) is -6.74. The molecule has 6 atom stereocenters. The number of urea groups is 1. The van der Waals surface area contributed by atoms with Crippen LogP contribution in [0.1, 0.15) is 53.1 Å². The predicted octanol–water partition coefficient (Wildman–Crippen LogP) is 1.34. The number of rotatable bonds is 10. The van der Waals surface area contributed by atoms with Crippen LogP contribution in [0, 0.1) is 0 Å². The van der Waals surface area contributed by atoms with Crippen molar-refractivity contribution in [3.05, 3.63) is 41.1 Å². The molecule has 1 saturated heterocycles. The monoisotopic (exact) mass is 606 g/mol. The molecule has 234 valence electrons. The Morgan fingerprint density at radius 3 is 1.95 bits per heavy atom. The fourth-order valence-electron chi connectivity index (χ4n) is 4.58. The lowest BCUT2D eigenvalue weighted by molar-refractivity contribution is -0.288. The van der Waals surface area contributed by atoms with Crippen LogP contribution in [0.15, 0.2) is 35.5 Å². The van der Waals surface area contributed by atoms with Crippen molar-refractivity contribution in [2.24, 2.45) is 0 Å². The number of benzene rings is 1. The molecule has 0 saturated carbocycles. The summed E-state index contributed by atoms with van der Waals surface area (Å²) in [6, 6.07) is 4.86. The molecule has 2 aliphatic heterocycles. The SMILES string of the molecule is CCOC(=O)C1=C(C)NC(=O)NC1c1ccc(O[C@@H]2O[C@H](COC(C)=O)[C@@H](OC(C)=O)[C@@H](OC(C)=O)[C@H]2OC(C)=O)cc1. The maximum atomic E-state index is 12.6. The van der Waals surface area contributed by atoms with Gasteiger partial charge in [-0.05, 0) is 31.5 Å². The van der Waals surface area contributed by atoms with E-state index < -0.39 is 79.2 Å². The molecule has 1 unspecified atom stereocenters. The molecule has 0 aromatic heterocycles. The summed E-state index contributed by atoms with van der Waals surface area (Å²) < 4.78 is 38.3. The second kappa shape index (κ2) is 14.5. The Labute approximate surface area is 247 Å². The first-order valence-corrected chi connectivity index (χ1v) is 13.3. The summed E-state index contributed by atoms with van der Waals surface area (Å²) in [5.41, 5.74) is 1.07. The number of nitrogens with one attached hydrogen (secondary N) is 2. The molecule has 0 aliphatic carbocycles. The average Bonchev–Trinajstić information content (AvgIpc) is 2.90. The lowest BCUT2D eigenvalue weighted by atomic mass is 9.95. The van der Waals surface area contributed by atoms with E-state index in [0.29, 0.717) is 11.3 Å². The van der Waals surface area contributed by atoms with Crippen LogP contribution < -0.4 is 15.4 Å². The molecule has 15 nitrogen and oxygen atoms in total. The lowest BCUT2D eigenvalue weighted by Crippen LogP contribution is -2.63. The standard InChI is InChI=1S/C28H34N2O13/c1-7-37-26(35)21-13(2)29-28(36)30-22(21)18-8-10-19(11-9-18)42-27-25(41-17(6)34)24(40-16(5)33)23(39-15(4)32)20(43-27)12-38-14(3)31/h8-11,20,22-25,27H,7,12H2,1-6H3,(H2,29,30,36)/t20-,22?,23-,24-,25-,27-/m1/s1. The van der Waals surface area contributed by atoms with Gasteiger partial charge in [0.15, 0.2) is 12.2 Å². The third-order valence-corrected chi connectivity index (χ3v) is 6.18. The molecule has 2 N–H and O–H groups in total. The Bertz CT molecular complexity index is 1280. The molecule has 1 aromatic carbocycles. The normalized spacial score (nSPS) is 24.9. The van der Waals surface area contributed by atoms with Gasteiger partial charge in [0.25, 0.3) is 0 Å². The van der Waals surface area contributed by atoms with Crippen molar-refractivity contribution in [2.75, 3.05) is 13.2 Å². The van der Waals surface area contributed by atoms with Gasteiger partial charge in [-0.1, -0.05) is 12.1 Å². The molecule has 2 heterocycles. The highest BCUT2D eigenvalue weighted by Gasteiger charge is 2.53. The molecule has 1 fully saturated rings. The highest BCUT2D eigenvalue weighted by Crippen LogP contribution is 2.33. The van der Waals surface area contributed by atoms with Crippen molar-refractivity contribution in [1.29, 1.82) is 0 Å². The van der Waals surface area contributed by atoms with Gasteiger partial charge in [-0.15, -0.1) is 0 Å². The van der Waals surface area contributed by atoms with Crippen LogP contribution in [-0.4, -0.2) is 79.8 Å². The van der Waals surface area contributed by atoms with Gasteiger partial charge in [-0.25, -0.2) is 9.59 Å². The number of ether oxygens (including phenoxy) is 7. The molecule has 2 aliphatic rings. The van der Waals surface area contributed by atoms with Gasteiger partial charge in [-0.3, -0.25) is 19.2 Å². The van der Waals surface area contributed by atoms with Gasteiger partial charge >= 0.3 is 35.9 Å². The average molecular weight is 607 g/mol. The molecule has 2 amide bonds. The summed E-state index contributed by atoms with van der Waals surface area (Å²) in [6.45, 7) is 7.49. The number of allylic oxidation sites excluding steroid dienone is 1. The fourth-order valence-corrected chi connectivity index (χ4v) is 4.58. The van der Waals surface area contributed by atoms with Crippen LogP contribution in [0.5, 0.6) is 5.75 Å². The number of esters is 5. The summed E-state index contributed by atoms with van der Waals surface area (Å²) in [5, 5.41) is 5.25. The Hall–Kier alpha value is -4.66.